The number of benzene rings is 1. The highest BCUT2D eigenvalue weighted by molar-refractivity contribution is 7.78. The third-order valence-corrected chi connectivity index (χ3v) is 4.45. The first-order chi connectivity index (χ1) is 12.4. The van der Waals surface area contributed by atoms with Crippen molar-refractivity contribution in [3.8, 4) is 0 Å². The zero-order valence-electron chi connectivity index (χ0n) is 13.6. The average Bonchev–Trinajstić information content (AvgIpc) is 2.57. The molecule has 1 aromatic heterocycles. The number of hydrogen-bond acceptors (Lipinski definition) is 4. The van der Waals surface area contributed by atoms with Crippen molar-refractivity contribution in [1.29, 1.82) is 0 Å². The number of ether oxygens (including phenoxy) is 1. The van der Waals surface area contributed by atoms with Crippen molar-refractivity contribution in [2.45, 2.75) is 37.8 Å². The maximum absolute atomic E-state index is 13.1. The minimum absolute atomic E-state index is 0.333. The number of nitrogens with zero attached hydrogens (tertiary/aromatic N) is 2. The molecule has 0 saturated heterocycles. The second-order valence-corrected chi connectivity index (χ2v) is 6.19. The van der Waals surface area contributed by atoms with Gasteiger partial charge in [0.2, 0.25) is 0 Å². The van der Waals surface area contributed by atoms with Gasteiger partial charge in [0.25, 0.3) is 5.56 Å². The number of aromatic nitrogens is 1. The molecule has 3 rings (SSSR count). The molecule has 136 valence electrons. The van der Waals surface area contributed by atoms with E-state index in [0.29, 0.717) is 25.5 Å². The Labute approximate surface area is 152 Å². The van der Waals surface area contributed by atoms with Gasteiger partial charge in [-0.3, -0.25) is 4.79 Å². The van der Waals surface area contributed by atoms with Gasteiger partial charge in [-0.2, -0.15) is 18.2 Å². The van der Waals surface area contributed by atoms with Gasteiger partial charge < -0.3 is 9.30 Å². The van der Waals surface area contributed by atoms with Crippen LogP contribution in [0.2, 0.25) is 0 Å². The molecule has 0 N–H and O–H groups in total. The van der Waals surface area contributed by atoms with Crippen molar-refractivity contribution >= 4 is 23.1 Å². The van der Waals surface area contributed by atoms with Crippen molar-refractivity contribution in [2.75, 3.05) is 0 Å². The van der Waals surface area contributed by atoms with Gasteiger partial charge in [0, 0.05) is 6.20 Å². The lowest BCUT2D eigenvalue weighted by molar-refractivity contribution is -0.138. The van der Waals surface area contributed by atoms with Crippen LogP contribution in [-0.4, -0.2) is 15.8 Å². The Kier molecular flexibility index (Phi) is 5.36. The molecule has 0 aliphatic heterocycles. The van der Waals surface area contributed by atoms with Crippen molar-refractivity contribution in [3.05, 3.63) is 64.1 Å². The quantitative estimate of drug-likeness (QED) is 0.566. The van der Waals surface area contributed by atoms with Crippen LogP contribution in [-0.2, 0) is 17.5 Å². The van der Waals surface area contributed by atoms with Gasteiger partial charge in [-0.25, -0.2) is 0 Å². The molecule has 0 unspecified atom stereocenters. The summed E-state index contributed by atoms with van der Waals surface area (Å²) in [6.45, 7) is 0.334. The van der Waals surface area contributed by atoms with Crippen LogP contribution in [0.5, 0.6) is 0 Å². The lowest BCUT2D eigenvalue weighted by atomic mass is 9.88. The number of aliphatic imine (C=N–C) groups is 1. The molecule has 1 aliphatic carbocycles. The van der Waals surface area contributed by atoms with Gasteiger partial charge in [-0.05, 0) is 36.7 Å². The number of alkyl halides is 3. The van der Waals surface area contributed by atoms with E-state index < -0.39 is 23.3 Å². The summed E-state index contributed by atoms with van der Waals surface area (Å²) in [5.41, 5.74) is -0.993. The van der Waals surface area contributed by atoms with Crippen molar-refractivity contribution < 1.29 is 17.9 Å². The van der Waals surface area contributed by atoms with Crippen LogP contribution < -0.4 is 5.56 Å². The van der Waals surface area contributed by atoms with Crippen LogP contribution in [0.3, 0.4) is 0 Å². The summed E-state index contributed by atoms with van der Waals surface area (Å²) in [5, 5.41) is 1.96. The largest absolute Gasteiger partial charge is 0.417 e. The molecule has 0 amide bonds. The molecule has 0 spiro atoms. The minimum Gasteiger partial charge on any atom is -0.371 e. The minimum atomic E-state index is -4.59. The summed E-state index contributed by atoms with van der Waals surface area (Å²) in [7, 11) is 0. The molecule has 0 bridgehead atoms. The normalized spacial score (nSPS) is 19.5. The topological polar surface area (TPSA) is 43.6 Å². The van der Waals surface area contributed by atoms with Crippen molar-refractivity contribution in [1.82, 2.24) is 4.57 Å². The lowest BCUT2D eigenvalue weighted by Gasteiger charge is -2.38. The fourth-order valence-corrected chi connectivity index (χ4v) is 2.96. The van der Waals surface area contributed by atoms with Crippen LogP contribution in [0, 0.1) is 0 Å². The lowest BCUT2D eigenvalue weighted by Crippen LogP contribution is -2.41. The van der Waals surface area contributed by atoms with Gasteiger partial charge in [0.1, 0.15) is 5.69 Å². The SMILES string of the molecule is O=c1c(N=C=S)cc(C(F)(F)F)cn1[C@@H]1CC[C@@H]1OCc1ccccc1. The van der Waals surface area contributed by atoms with Crippen molar-refractivity contribution in [3.63, 3.8) is 0 Å². The average molecular weight is 380 g/mol. The third kappa shape index (κ3) is 3.93. The molecular formula is C18H15F3N2O2S. The Morgan fingerprint density at radius 3 is 2.58 bits per heavy atom. The van der Waals surface area contributed by atoms with E-state index in [-0.39, 0.29) is 11.8 Å². The Morgan fingerprint density at radius 1 is 1.27 bits per heavy atom. The molecule has 1 aromatic carbocycles. The molecule has 1 fully saturated rings. The second-order valence-electron chi connectivity index (χ2n) is 6.01. The first kappa shape index (κ1) is 18.5. The standard InChI is InChI=1S/C18H15F3N2O2S/c19-18(20,21)13-8-14(22-11-26)17(24)23(9-13)15-6-7-16(15)25-10-12-4-2-1-3-5-12/h1-5,8-9,15-16H,6-7,10H2/t15-,16+/m1/s1. The monoisotopic (exact) mass is 380 g/mol. The first-order valence-electron chi connectivity index (χ1n) is 7.97. The summed E-state index contributed by atoms with van der Waals surface area (Å²) in [5.74, 6) is 0. The summed E-state index contributed by atoms with van der Waals surface area (Å²) in [6, 6.07) is 9.67. The predicted octanol–water partition coefficient (Wildman–Crippen LogP) is 4.52. The van der Waals surface area contributed by atoms with Crippen LogP contribution >= 0.6 is 12.2 Å². The smallest absolute Gasteiger partial charge is 0.371 e. The molecule has 4 nitrogen and oxygen atoms in total. The second kappa shape index (κ2) is 7.53. The zero-order chi connectivity index (χ0) is 18.7. The van der Waals surface area contributed by atoms with E-state index in [9.17, 15) is 18.0 Å². The Morgan fingerprint density at radius 2 is 2.00 bits per heavy atom. The summed E-state index contributed by atoms with van der Waals surface area (Å²) >= 11 is 4.43. The van der Waals surface area contributed by atoms with E-state index in [4.69, 9.17) is 4.74 Å². The molecule has 0 radical (unpaired) electrons. The maximum atomic E-state index is 13.1. The van der Waals surface area contributed by atoms with Crippen LogP contribution in [0.4, 0.5) is 18.9 Å². The molecule has 26 heavy (non-hydrogen) atoms. The molecule has 1 heterocycles. The number of halogens is 3. The van der Waals surface area contributed by atoms with Gasteiger partial charge in [0.05, 0.1) is 29.5 Å². The van der Waals surface area contributed by atoms with E-state index in [1.54, 1.807) is 0 Å². The molecule has 1 saturated carbocycles. The fourth-order valence-electron chi connectivity index (χ4n) is 2.86. The van der Waals surface area contributed by atoms with Crippen molar-refractivity contribution in [2.24, 2.45) is 4.99 Å². The highest BCUT2D eigenvalue weighted by Crippen LogP contribution is 2.37. The molecule has 2 aromatic rings. The molecule has 8 heteroatoms. The van der Waals surface area contributed by atoms with E-state index in [2.05, 4.69) is 17.2 Å². The van der Waals surface area contributed by atoms with Crippen LogP contribution in [0.25, 0.3) is 0 Å². The first-order valence-corrected chi connectivity index (χ1v) is 8.38. The van der Waals surface area contributed by atoms with Crippen LogP contribution in [0.1, 0.15) is 30.0 Å². The van der Waals surface area contributed by atoms with Crippen LogP contribution in [0.15, 0.2) is 52.4 Å². The van der Waals surface area contributed by atoms with E-state index in [0.717, 1.165) is 16.3 Å². The Hall–Kier alpha value is -2.28. The maximum Gasteiger partial charge on any atom is 0.417 e. The number of pyridine rings is 1. The third-order valence-electron chi connectivity index (χ3n) is 4.36. The summed E-state index contributed by atoms with van der Waals surface area (Å²) < 4.78 is 46.3. The van der Waals surface area contributed by atoms with E-state index in [1.165, 1.54) is 0 Å². The summed E-state index contributed by atoms with van der Waals surface area (Å²) in [4.78, 5) is 15.9. The number of hydrogen-bond donors (Lipinski definition) is 0. The van der Waals surface area contributed by atoms with Gasteiger partial charge in [-0.1, -0.05) is 30.3 Å². The van der Waals surface area contributed by atoms with Gasteiger partial charge in [-0.15, -0.1) is 0 Å². The van der Waals surface area contributed by atoms with Gasteiger partial charge in [0.15, 0.2) is 0 Å². The van der Waals surface area contributed by atoms with E-state index in [1.807, 2.05) is 35.5 Å². The molecular weight excluding hydrogens is 365 g/mol. The Balaban J connectivity index is 1.86. The predicted molar refractivity (Wildman–Crippen MR) is 93.7 cm³/mol. The number of isothiocyanates is 1. The fraction of sp³-hybridized carbons (Fsp3) is 0.333. The zero-order valence-corrected chi connectivity index (χ0v) is 14.4. The number of thiocarbonyl (C=S) groups is 1. The molecule has 1 aliphatic rings. The highest BCUT2D eigenvalue weighted by atomic mass is 32.1. The molecule has 2 atom stereocenters. The Bertz CT molecular complexity index is 890. The highest BCUT2D eigenvalue weighted by Gasteiger charge is 2.37. The van der Waals surface area contributed by atoms with E-state index >= 15 is 0 Å². The summed E-state index contributed by atoms with van der Waals surface area (Å²) in [6.07, 6.45) is -2.87. The number of rotatable bonds is 5. The van der Waals surface area contributed by atoms with Gasteiger partial charge >= 0.3 is 6.18 Å².